The predicted octanol–water partition coefficient (Wildman–Crippen LogP) is 1.46. The van der Waals surface area contributed by atoms with Gasteiger partial charge in [0, 0.05) is 3.92 Å². The van der Waals surface area contributed by atoms with E-state index in [1.54, 1.807) is 0 Å². The Hall–Kier alpha value is 0.690. The highest BCUT2D eigenvalue weighted by Gasteiger charge is 2.20. The highest BCUT2D eigenvalue weighted by Crippen LogP contribution is 2.19. The first-order chi connectivity index (χ1) is 3.30. The molecule has 0 aromatic rings. The second kappa shape index (κ2) is 2.31. The molecule has 0 radical (unpaired) electrons. The molecule has 2 atom stereocenters. The van der Waals surface area contributed by atoms with Crippen LogP contribution in [0, 0.1) is 5.92 Å². The minimum Gasteiger partial charge on any atom is -0.380 e. The SMILES string of the molecule is CC1COCC1I. The highest BCUT2D eigenvalue weighted by molar-refractivity contribution is 14.1. The zero-order valence-electron chi connectivity index (χ0n) is 4.36. The zero-order valence-corrected chi connectivity index (χ0v) is 6.51. The van der Waals surface area contributed by atoms with Crippen molar-refractivity contribution < 1.29 is 4.74 Å². The molecule has 2 heteroatoms. The Morgan fingerprint density at radius 2 is 2.29 bits per heavy atom. The van der Waals surface area contributed by atoms with Gasteiger partial charge in [0.1, 0.15) is 0 Å². The molecule has 1 nitrogen and oxygen atoms in total. The lowest BCUT2D eigenvalue weighted by atomic mass is 10.2. The minimum atomic E-state index is 0.762. The average Bonchev–Trinajstić information content (AvgIpc) is 1.91. The molecule has 1 rings (SSSR count). The molecule has 0 aromatic carbocycles. The maximum atomic E-state index is 5.16. The van der Waals surface area contributed by atoms with Gasteiger partial charge in [0.2, 0.25) is 0 Å². The Morgan fingerprint density at radius 3 is 2.43 bits per heavy atom. The van der Waals surface area contributed by atoms with E-state index in [4.69, 9.17) is 4.74 Å². The van der Waals surface area contributed by atoms with Gasteiger partial charge in [-0.1, -0.05) is 29.5 Å². The topological polar surface area (TPSA) is 9.23 Å². The lowest BCUT2D eigenvalue weighted by Gasteiger charge is -1.99. The van der Waals surface area contributed by atoms with Crippen LogP contribution in [0.2, 0.25) is 0 Å². The number of hydrogen-bond acceptors (Lipinski definition) is 1. The van der Waals surface area contributed by atoms with Crippen LogP contribution >= 0.6 is 22.6 Å². The molecule has 0 aliphatic carbocycles. The Morgan fingerprint density at radius 1 is 1.57 bits per heavy atom. The third kappa shape index (κ3) is 1.29. The van der Waals surface area contributed by atoms with E-state index >= 15 is 0 Å². The van der Waals surface area contributed by atoms with Crippen LogP contribution in [0.3, 0.4) is 0 Å². The van der Waals surface area contributed by atoms with Crippen molar-refractivity contribution in [2.45, 2.75) is 10.8 Å². The monoisotopic (exact) mass is 212 g/mol. The van der Waals surface area contributed by atoms with Gasteiger partial charge in [-0.15, -0.1) is 0 Å². The maximum Gasteiger partial charge on any atom is 0.0587 e. The molecule has 1 fully saturated rings. The van der Waals surface area contributed by atoms with Crippen LogP contribution in [0.4, 0.5) is 0 Å². The first-order valence-electron chi connectivity index (χ1n) is 2.52. The maximum absolute atomic E-state index is 5.16. The van der Waals surface area contributed by atoms with Crippen LogP contribution < -0.4 is 0 Å². The van der Waals surface area contributed by atoms with Crippen molar-refractivity contribution >= 4 is 22.6 Å². The summed E-state index contributed by atoms with van der Waals surface area (Å²) in [6, 6.07) is 0. The molecule has 0 saturated carbocycles. The minimum absolute atomic E-state index is 0.762. The van der Waals surface area contributed by atoms with E-state index in [0.717, 1.165) is 23.1 Å². The number of alkyl halides is 1. The predicted molar refractivity (Wildman–Crippen MR) is 37.8 cm³/mol. The molecule has 0 spiro atoms. The van der Waals surface area contributed by atoms with Gasteiger partial charge in [0.15, 0.2) is 0 Å². The van der Waals surface area contributed by atoms with Crippen molar-refractivity contribution in [2.75, 3.05) is 13.2 Å². The summed E-state index contributed by atoms with van der Waals surface area (Å²) in [6.07, 6.45) is 0. The number of ether oxygens (including phenoxy) is 1. The number of hydrogen-bond donors (Lipinski definition) is 0. The third-order valence-corrected chi connectivity index (χ3v) is 2.86. The molecular formula is C5H9IO. The van der Waals surface area contributed by atoms with Gasteiger partial charge in [-0.25, -0.2) is 0 Å². The Bertz CT molecular complexity index is 57.1. The summed E-state index contributed by atoms with van der Waals surface area (Å²) >= 11 is 2.43. The summed E-state index contributed by atoms with van der Waals surface area (Å²) in [5.41, 5.74) is 0. The standard InChI is InChI=1S/C5H9IO/c1-4-2-7-3-5(4)6/h4-5H,2-3H2,1H3. The molecule has 0 aromatic heterocycles. The summed E-state index contributed by atoms with van der Waals surface area (Å²) < 4.78 is 5.92. The summed E-state index contributed by atoms with van der Waals surface area (Å²) in [4.78, 5) is 0. The van der Waals surface area contributed by atoms with E-state index in [0.29, 0.717) is 0 Å². The lowest BCUT2D eigenvalue weighted by molar-refractivity contribution is 0.189. The first-order valence-corrected chi connectivity index (χ1v) is 3.77. The van der Waals surface area contributed by atoms with E-state index in [-0.39, 0.29) is 0 Å². The fourth-order valence-electron chi connectivity index (χ4n) is 0.635. The van der Waals surface area contributed by atoms with Crippen molar-refractivity contribution in [3.63, 3.8) is 0 Å². The van der Waals surface area contributed by atoms with Crippen LogP contribution in [-0.2, 0) is 4.74 Å². The third-order valence-electron chi connectivity index (χ3n) is 1.28. The van der Waals surface area contributed by atoms with Gasteiger partial charge in [0.25, 0.3) is 0 Å². The Kier molecular flexibility index (Phi) is 1.92. The molecule has 1 heterocycles. The van der Waals surface area contributed by atoms with Crippen LogP contribution in [0.5, 0.6) is 0 Å². The largest absolute Gasteiger partial charge is 0.380 e. The molecule has 2 unspecified atom stereocenters. The summed E-state index contributed by atoms with van der Waals surface area (Å²) in [5.74, 6) is 0.778. The van der Waals surface area contributed by atoms with Crippen LogP contribution in [0.1, 0.15) is 6.92 Å². The van der Waals surface area contributed by atoms with Crippen molar-refractivity contribution in [3.8, 4) is 0 Å². The van der Waals surface area contributed by atoms with E-state index in [1.807, 2.05) is 0 Å². The fourth-order valence-corrected chi connectivity index (χ4v) is 1.10. The van der Waals surface area contributed by atoms with Crippen LogP contribution in [0.25, 0.3) is 0 Å². The van der Waals surface area contributed by atoms with E-state index < -0.39 is 0 Å². The normalized spacial score (nSPS) is 42.0. The number of rotatable bonds is 0. The quantitative estimate of drug-likeness (QED) is 0.436. The molecule has 1 aliphatic rings. The van der Waals surface area contributed by atoms with Crippen molar-refractivity contribution in [2.24, 2.45) is 5.92 Å². The van der Waals surface area contributed by atoms with Gasteiger partial charge in [-0.3, -0.25) is 0 Å². The van der Waals surface area contributed by atoms with Crippen LogP contribution in [-0.4, -0.2) is 17.1 Å². The average molecular weight is 212 g/mol. The van der Waals surface area contributed by atoms with Gasteiger partial charge in [0.05, 0.1) is 13.2 Å². The Balaban J connectivity index is 2.33. The second-order valence-electron chi connectivity index (χ2n) is 2.03. The summed E-state index contributed by atoms with van der Waals surface area (Å²) in [6.45, 7) is 4.15. The first kappa shape index (κ1) is 5.82. The lowest BCUT2D eigenvalue weighted by Crippen LogP contribution is -2.04. The highest BCUT2D eigenvalue weighted by atomic mass is 127. The molecule has 0 N–H and O–H groups in total. The van der Waals surface area contributed by atoms with E-state index in [9.17, 15) is 0 Å². The summed E-state index contributed by atoms with van der Waals surface area (Å²) in [5, 5.41) is 0. The van der Waals surface area contributed by atoms with Gasteiger partial charge in [-0.05, 0) is 5.92 Å². The zero-order chi connectivity index (χ0) is 5.28. The molecule has 42 valence electrons. The van der Waals surface area contributed by atoms with E-state index in [1.165, 1.54) is 0 Å². The second-order valence-corrected chi connectivity index (χ2v) is 3.63. The van der Waals surface area contributed by atoms with E-state index in [2.05, 4.69) is 29.5 Å². The molecule has 1 aliphatic heterocycles. The van der Waals surface area contributed by atoms with Crippen molar-refractivity contribution in [1.82, 2.24) is 0 Å². The van der Waals surface area contributed by atoms with Crippen molar-refractivity contribution in [1.29, 1.82) is 0 Å². The molecule has 0 bridgehead atoms. The van der Waals surface area contributed by atoms with Gasteiger partial charge >= 0.3 is 0 Å². The van der Waals surface area contributed by atoms with Gasteiger partial charge < -0.3 is 4.74 Å². The fraction of sp³-hybridized carbons (Fsp3) is 1.00. The molecule has 1 saturated heterocycles. The van der Waals surface area contributed by atoms with Crippen molar-refractivity contribution in [3.05, 3.63) is 0 Å². The molecular weight excluding hydrogens is 203 g/mol. The Labute approximate surface area is 57.6 Å². The molecule has 7 heavy (non-hydrogen) atoms. The molecule has 0 amide bonds. The smallest absolute Gasteiger partial charge is 0.0587 e. The summed E-state index contributed by atoms with van der Waals surface area (Å²) in [7, 11) is 0. The van der Waals surface area contributed by atoms with Crippen LogP contribution in [0.15, 0.2) is 0 Å². The number of halogens is 1. The van der Waals surface area contributed by atoms with Gasteiger partial charge in [-0.2, -0.15) is 0 Å².